The van der Waals surface area contributed by atoms with Crippen LogP contribution in [0, 0.1) is 13.8 Å². The molecule has 2 aromatic carbocycles. The molecule has 0 atom stereocenters. The molecule has 5 rings (SSSR count). The largest absolute Gasteiger partial charge is 0.337 e. The summed E-state index contributed by atoms with van der Waals surface area (Å²) < 4.78 is 23.3. The Morgan fingerprint density at radius 2 is 1.81 bits per heavy atom. The minimum atomic E-state index is -3.30. The maximum Gasteiger partial charge on any atom is 0.254 e. The van der Waals surface area contributed by atoms with E-state index in [1.165, 1.54) is 23.3 Å². The van der Waals surface area contributed by atoms with Crippen LogP contribution in [0.25, 0.3) is 22.6 Å². The van der Waals surface area contributed by atoms with Gasteiger partial charge >= 0.3 is 0 Å². The number of aryl methyl sites for hydroxylation is 2. The highest BCUT2D eigenvalue weighted by molar-refractivity contribution is 7.90. The van der Waals surface area contributed by atoms with E-state index in [1.807, 2.05) is 0 Å². The van der Waals surface area contributed by atoms with Crippen LogP contribution in [0.3, 0.4) is 0 Å². The third-order valence-corrected chi connectivity index (χ3v) is 7.20. The van der Waals surface area contributed by atoms with Crippen molar-refractivity contribution in [3.05, 3.63) is 64.3 Å². The number of benzene rings is 2. The predicted octanol–water partition coefficient (Wildman–Crippen LogP) is 3.17. The molecule has 4 aromatic rings. The second-order valence-electron chi connectivity index (χ2n) is 8.34. The van der Waals surface area contributed by atoms with E-state index >= 15 is 0 Å². The molecule has 0 unspecified atom stereocenters. The van der Waals surface area contributed by atoms with Crippen LogP contribution in [-0.2, 0) is 22.8 Å². The van der Waals surface area contributed by atoms with Gasteiger partial charge in [-0.05, 0) is 67.8 Å². The zero-order valence-electron chi connectivity index (χ0n) is 18.1. The van der Waals surface area contributed by atoms with Gasteiger partial charge in [-0.15, -0.1) is 0 Å². The van der Waals surface area contributed by atoms with Crippen LogP contribution >= 0.6 is 0 Å². The predicted molar refractivity (Wildman–Crippen MR) is 121 cm³/mol. The van der Waals surface area contributed by atoms with Gasteiger partial charge in [0.05, 0.1) is 28.2 Å². The van der Waals surface area contributed by atoms with Crippen LogP contribution in [0.4, 0.5) is 0 Å². The van der Waals surface area contributed by atoms with Crippen molar-refractivity contribution in [2.45, 2.75) is 31.7 Å². The first-order valence-corrected chi connectivity index (χ1v) is 12.2. The third-order valence-electron chi connectivity index (χ3n) is 6.07. The molecule has 32 heavy (non-hydrogen) atoms. The number of carbonyl (C=O) groups excluding carboxylic acids is 1. The molecule has 0 saturated carbocycles. The zero-order valence-corrected chi connectivity index (χ0v) is 18.9. The van der Waals surface area contributed by atoms with Crippen LogP contribution < -0.4 is 0 Å². The summed E-state index contributed by atoms with van der Waals surface area (Å²) in [5, 5.41) is 7.56. The third kappa shape index (κ3) is 3.48. The fourth-order valence-corrected chi connectivity index (χ4v) is 4.73. The standard InChI is InChI=1S/C23H23N5O3S/c1-13-10-18-19(11-14(13)2)25-22(24-18)21-17-8-9-28(12-20(17)26-27-21)23(29)15-4-6-16(7-5-15)32(3,30)31/h4-7,10-11H,8-9,12H2,1-3H3,(H,24,25)(H,26,27). The number of imidazole rings is 1. The van der Waals surface area contributed by atoms with Gasteiger partial charge in [-0.3, -0.25) is 9.89 Å². The maximum atomic E-state index is 13.0. The number of aromatic amines is 2. The van der Waals surface area contributed by atoms with Gasteiger partial charge in [0.1, 0.15) is 5.69 Å². The van der Waals surface area contributed by atoms with Crippen LogP contribution in [0.2, 0.25) is 0 Å². The number of nitrogens with zero attached hydrogens (tertiary/aromatic N) is 3. The fraction of sp³-hybridized carbons (Fsp3) is 0.261. The van der Waals surface area contributed by atoms with E-state index in [0.717, 1.165) is 40.1 Å². The average Bonchev–Trinajstić information content (AvgIpc) is 3.36. The number of carbonyl (C=O) groups is 1. The highest BCUT2D eigenvalue weighted by Gasteiger charge is 2.27. The van der Waals surface area contributed by atoms with E-state index in [1.54, 1.807) is 17.0 Å². The molecule has 2 N–H and O–H groups in total. The van der Waals surface area contributed by atoms with Crippen molar-refractivity contribution in [1.29, 1.82) is 0 Å². The quantitative estimate of drug-likeness (QED) is 0.499. The number of H-pyrrole nitrogens is 2. The van der Waals surface area contributed by atoms with Crippen molar-refractivity contribution in [1.82, 2.24) is 25.1 Å². The van der Waals surface area contributed by atoms with Crippen molar-refractivity contribution in [2.75, 3.05) is 12.8 Å². The molecule has 164 valence electrons. The van der Waals surface area contributed by atoms with Crippen molar-refractivity contribution < 1.29 is 13.2 Å². The first kappa shape index (κ1) is 20.4. The second-order valence-corrected chi connectivity index (χ2v) is 10.4. The summed E-state index contributed by atoms with van der Waals surface area (Å²) in [5.41, 5.74) is 7.48. The van der Waals surface area contributed by atoms with E-state index in [0.29, 0.717) is 25.1 Å². The Morgan fingerprint density at radius 1 is 1.09 bits per heavy atom. The fourth-order valence-electron chi connectivity index (χ4n) is 4.10. The highest BCUT2D eigenvalue weighted by atomic mass is 32.2. The van der Waals surface area contributed by atoms with Crippen LogP contribution in [0.15, 0.2) is 41.3 Å². The molecular formula is C23H23N5O3S. The van der Waals surface area contributed by atoms with E-state index in [4.69, 9.17) is 4.98 Å². The van der Waals surface area contributed by atoms with Gasteiger partial charge in [0.2, 0.25) is 0 Å². The van der Waals surface area contributed by atoms with E-state index in [2.05, 4.69) is 41.2 Å². The molecule has 0 radical (unpaired) electrons. The Kier molecular flexibility index (Phi) is 4.67. The lowest BCUT2D eigenvalue weighted by molar-refractivity contribution is 0.0732. The smallest absolute Gasteiger partial charge is 0.254 e. The Morgan fingerprint density at radius 3 is 2.53 bits per heavy atom. The van der Waals surface area contributed by atoms with Crippen molar-refractivity contribution in [3.63, 3.8) is 0 Å². The summed E-state index contributed by atoms with van der Waals surface area (Å²) in [6, 6.07) is 10.2. The van der Waals surface area contributed by atoms with Gasteiger partial charge in [-0.2, -0.15) is 5.10 Å². The summed E-state index contributed by atoms with van der Waals surface area (Å²) in [5.74, 6) is 0.583. The van der Waals surface area contributed by atoms with Crippen LogP contribution in [0.5, 0.6) is 0 Å². The normalized spacial score (nSPS) is 14.0. The molecule has 0 saturated heterocycles. The molecule has 2 aromatic heterocycles. The lowest BCUT2D eigenvalue weighted by Gasteiger charge is -2.27. The van der Waals surface area contributed by atoms with Crippen molar-refractivity contribution >= 4 is 26.8 Å². The molecule has 0 fully saturated rings. The van der Waals surface area contributed by atoms with Crippen molar-refractivity contribution in [2.24, 2.45) is 0 Å². The molecule has 1 amide bonds. The molecule has 1 aliphatic heterocycles. The topological polar surface area (TPSA) is 112 Å². The molecular weight excluding hydrogens is 426 g/mol. The SMILES string of the molecule is Cc1cc2nc(-c3n[nH]c4c3CCN(C(=O)c3ccc(S(C)(=O)=O)cc3)C4)[nH]c2cc1C. The highest BCUT2D eigenvalue weighted by Crippen LogP contribution is 2.29. The van der Waals surface area contributed by atoms with E-state index in [-0.39, 0.29) is 10.8 Å². The number of rotatable bonds is 3. The minimum absolute atomic E-state index is 0.137. The van der Waals surface area contributed by atoms with Crippen LogP contribution in [-0.4, -0.2) is 52.2 Å². The molecule has 0 spiro atoms. The van der Waals surface area contributed by atoms with Crippen LogP contribution in [0.1, 0.15) is 32.7 Å². The van der Waals surface area contributed by atoms with Gasteiger partial charge in [0.15, 0.2) is 15.7 Å². The number of hydrogen-bond acceptors (Lipinski definition) is 5. The zero-order chi connectivity index (χ0) is 22.6. The van der Waals surface area contributed by atoms with Crippen molar-refractivity contribution in [3.8, 4) is 11.5 Å². The molecule has 0 aliphatic carbocycles. The van der Waals surface area contributed by atoms with Gasteiger partial charge in [-0.1, -0.05) is 0 Å². The Labute approximate surface area is 185 Å². The Bertz CT molecular complexity index is 1430. The van der Waals surface area contributed by atoms with Gasteiger partial charge < -0.3 is 9.88 Å². The summed E-state index contributed by atoms with van der Waals surface area (Å²) >= 11 is 0. The van der Waals surface area contributed by atoms with E-state index < -0.39 is 9.84 Å². The number of amides is 1. The number of fused-ring (bicyclic) bond motifs is 2. The van der Waals surface area contributed by atoms with Gasteiger partial charge in [0.25, 0.3) is 5.91 Å². The first-order valence-electron chi connectivity index (χ1n) is 10.3. The molecule has 9 heteroatoms. The maximum absolute atomic E-state index is 13.0. The summed E-state index contributed by atoms with van der Waals surface area (Å²) in [7, 11) is -3.30. The monoisotopic (exact) mass is 449 g/mol. The number of hydrogen-bond donors (Lipinski definition) is 2. The first-order chi connectivity index (χ1) is 15.2. The van der Waals surface area contributed by atoms with E-state index in [9.17, 15) is 13.2 Å². The number of sulfone groups is 1. The second kappa shape index (κ2) is 7.30. The summed E-state index contributed by atoms with van der Waals surface area (Å²) in [6.45, 7) is 5.10. The number of nitrogens with one attached hydrogen (secondary N) is 2. The van der Waals surface area contributed by atoms with Gasteiger partial charge in [0, 0.05) is 23.9 Å². The molecule has 8 nitrogen and oxygen atoms in total. The summed E-state index contributed by atoms with van der Waals surface area (Å²) in [6.07, 6.45) is 1.81. The van der Waals surface area contributed by atoms with Gasteiger partial charge in [-0.25, -0.2) is 13.4 Å². The lowest BCUT2D eigenvalue weighted by atomic mass is 10.0. The average molecular weight is 450 g/mol. The Balaban J connectivity index is 1.39. The Hall–Kier alpha value is -3.46. The molecule has 1 aliphatic rings. The molecule has 0 bridgehead atoms. The minimum Gasteiger partial charge on any atom is -0.337 e. The summed E-state index contributed by atoms with van der Waals surface area (Å²) in [4.78, 5) is 23.0. The number of aromatic nitrogens is 4. The lowest BCUT2D eigenvalue weighted by Crippen LogP contribution is -2.36. The molecule has 3 heterocycles.